The fourth-order valence-corrected chi connectivity index (χ4v) is 8.95. The number of anilines is 2. The minimum absolute atomic E-state index is 0.100. The molecule has 0 aliphatic heterocycles. The molecule has 0 saturated heterocycles. The molecule has 1 amide bonds. The SMILES string of the molecule is Cc1ccc(C(=O)Nc2ccc(C3C4CC5CC(C4)CC3C5)cc2)cc1S(=O)(=O)Nc1cccc(C)c1C. The second kappa shape index (κ2) is 9.57. The Morgan fingerprint density at radius 3 is 2.11 bits per heavy atom. The molecule has 3 aromatic carbocycles. The van der Waals surface area contributed by atoms with E-state index >= 15 is 0 Å². The Kier molecular flexibility index (Phi) is 6.34. The highest BCUT2D eigenvalue weighted by atomic mass is 32.2. The molecule has 0 spiro atoms. The van der Waals surface area contributed by atoms with Gasteiger partial charge in [0.1, 0.15) is 0 Å². The van der Waals surface area contributed by atoms with Crippen LogP contribution in [0.15, 0.2) is 65.6 Å². The monoisotopic (exact) mass is 528 g/mol. The van der Waals surface area contributed by atoms with Crippen LogP contribution < -0.4 is 10.0 Å². The summed E-state index contributed by atoms with van der Waals surface area (Å²) in [5, 5.41) is 2.96. The van der Waals surface area contributed by atoms with Crippen molar-refractivity contribution in [2.24, 2.45) is 23.7 Å². The van der Waals surface area contributed by atoms with Gasteiger partial charge in [-0.25, -0.2) is 8.42 Å². The second-order valence-corrected chi connectivity index (χ2v) is 13.5. The fraction of sp³-hybridized carbons (Fsp3) is 0.406. The number of amides is 1. The molecule has 3 aromatic rings. The molecule has 4 bridgehead atoms. The van der Waals surface area contributed by atoms with Crippen molar-refractivity contribution in [1.29, 1.82) is 0 Å². The van der Waals surface area contributed by atoms with Gasteiger partial charge >= 0.3 is 0 Å². The molecule has 2 N–H and O–H groups in total. The van der Waals surface area contributed by atoms with Gasteiger partial charge in [0.25, 0.3) is 15.9 Å². The average molecular weight is 529 g/mol. The maximum absolute atomic E-state index is 13.3. The molecular weight excluding hydrogens is 492 g/mol. The van der Waals surface area contributed by atoms with Gasteiger partial charge in [0.2, 0.25) is 0 Å². The lowest BCUT2D eigenvalue weighted by atomic mass is 9.51. The Morgan fingerprint density at radius 2 is 1.45 bits per heavy atom. The number of carbonyl (C=O) groups is 1. The van der Waals surface area contributed by atoms with E-state index in [2.05, 4.69) is 22.2 Å². The Bertz CT molecular complexity index is 1470. The first-order chi connectivity index (χ1) is 18.2. The minimum atomic E-state index is -3.87. The molecule has 0 unspecified atom stereocenters. The quantitative estimate of drug-likeness (QED) is 0.355. The maximum atomic E-state index is 13.3. The number of hydrogen-bond acceptors (Lipinski definition) is 3. The van der Waals surface area contributed by atoms with Crippen LogP contribution in [0.1, 0.15) is 70.6 Å². The van der Waals surface area contributed by atoms with Crippen LogP contribution in [-0.2, 0) is 10.0 Å². The van der Waals surface area contributed by atoms with Crippen molar-refractivity contribution in [1.82, 2.24) is 0 Å². The zero-order chi connectivity index (χ0) is 26.6. The van der Waals surface area contributed by atoms with Gasteiger partial charge in [-0.05, 0) is 135 Å². The standard InChI is InChI=1S/C32H36N2O3S/c1-19-5-4-6-29(21(19)3)34-38(36,37)30-18-25(8-7-20(30)2)32(35)33-28-11-9-24(10-12-28)31-26-14-22-13-23(16-26)17-27(31)15-22/h4-12,18,22-23,26-27,31,34H,13-17H2,1-3H3,(H,33,35). The van der Waals surface area contributed by atoms with Crippen LogP contribution in [0.4, 0.5) is 11.4 Å². The van der Waals surface area contributed by atoms with Crippen LogP contribution in [0.5, 0.6) is 0 Å². The molecule has 0 atom stereocenters. The van der Waals surface area contributed by atoms with Crippen molar-refractivity contribution in [3.05, 3.63) is 88.5 Å². The molecule has 4 aliphatic rings. The number of nitrogens with one attached hydrogen (secondary N) is 2. The minimum Gasteiger partial charge on any atom is -0.322 e. The fourth-order valence-electron chi connectivity index (χ4n) is 7.55. The number of sulfonamides is 1. The van der Waals surface area contributed by atoms with Crippen molar-refractivity contribution in [2.75, 3.05) is 10.0 Å². The smallest absolute Gasteiger partial charge is 0.262 e. The van der Waals surface area contributed by atoms with Crippen LogP contribution in [0.25, 0.3) is 0 Å². The van der Waals surface area contributed by atoms with Crippen molar-refractivity contribution < 1.29 is 13.2 Å². The number of aryl methyl sites for hydroxylation is 2. The Balaban J connectivity index is 1.18. The lowest BCUT2D eigenvalue weighted by Crippen LogP contribution is -2.43. The van der Waals surface area contributed by atoms with Gasteiger partial charge in [0.05, 0.1) is 10.6 Å². The summed E-state index contributed by atoms with van der Waals surface area (Å²) in [6.07, 6.45) is 6.98. The summed E-state index contributed by atoms with van der Waals surface area (Å²) in [5.74, 6) is 3.87. The van der Waals surface area contributed by atoms with E-state index in [-0.39, 0.29) is 10.8 Å². The van der Waals surface area contributed by atoms with Crippen LogP contribution >= 0.6 is 0 Å². The van der Waals surface area contributed by atoms with Gasteiger partial charge in [-0.3, -0.25) is 9.52 Å². The van der Waals surface area contributed by atoms with E-state index in [4.69, 9.17) is 0 Å². The Hall–Kier alpha value is -3.12. The van der Waals surface area contributed by atoms with E-state index in [1.54, 1.807) is 25.1 Å². The molecule has 4 aliphatic carbocycles. The van der Waals surface area contributed by atoms with Crippen molar-refractivity contribution >= 4 is 27.3 Å². The summed E-state index contributed by atoms with van der Waals surface area (Å²) < 4.78 is 29.2. The topological polar surface area (TPSA) is 75.3 Å². The zero-order valence-electron chi connectivity index (χ0n) is 22.3. The summed E-state index contributed by atoms with van der Waals surface area (Å²) in [6, 6.07) is 18.7. The van der Waals surface area contributed by atoms with Gasteiger partial charge in [-0.1, -0.05) is 30.3 Å². The van der Waals surface area contributed by atoms with E-state index in [1.807, 2.05) is 38.1 Å². The largest absolute Gasteiger partial charge is 0.322 e. The number of benzene rings is 3. The summed E-state index contributed by atoms with van der Waals surface area (Å²) in [5.41, 5.74) is 5.43. The molecule has 4 saturated carbocycles. The summed E-state index contributed by atoms with van der Waals surface area (Å²) in [7, 11) is -3.87. The van der Waals surface area contributed by atoms with Gasteiger partial charge in [-0.15, -0.1) is 0 Å². The molecular formula is C32H36N2O3S. The summed E-state index contributed by atoms with van der Waals surface area (Å²) in [4.78, 5) is 13.2. The highest BCUT2D eigenvalue weighted by Gasteiger charge is 2.48. The average Bonchev–Trinajstić information content (AvgIpc) is 2.87. The third-order valence-corrected chi connectivity index (χ3v) is 10.9. The first-order valence-corrected chi connectivity index (χ1v) is 15.3. The van der Waals surface area contributed by atoms with Crippen LogP contribution in [-0.4, -0.2) is 14.3 Å². The summed E-state index contributed by atoms with van der Waals surface area (Å²) >= 11 is 0. The molecule has 7 rings (SSSR count). The lowest BCUT2D eigenvalue weighted by Gasteiger charge is -2.54. The maximum Gasteiger partial charge on any atom is 0.262 e. The molecule has 198 valence electrons. The zero-order valence-corrected chi connectivity index (χ0v) is 23.1. The van der Waals surface area contributed by atoms with E-state index in [9.17, 15) is 13.2 Å². The van der Waals surface area contributed by atoms with Gasteiger partial charge in [-0.2, -0.15) is 0 Å². The molecule has 0 heterocycles. The summed E-state index contributed by atoms with van der Waals surface area (Å²) in [6.45, 7) is 5.57. The molecule has 0 radical (unpaired) electrons. The molecule has 4 fully saturated rings. The molecule has 5 nitrogen and oxygen atoms in total. The van der Waals surface area contributed by atoms with E-state index in [0.717, 1.165) is 40.5 Å². The van der Waals surface area contributed by atoms with Gasteiger partial charge < -0.3 is 5.32 Å². The van der Waals surface area contributed by atoms with Gasteiger partial charge in [0, 0.05) is 11.3 Å². The molecule has 0 aromatic heterocycles. The molecule has 6 heteroatoms. The van der Waals surface area contributed by atoms with E-state index in [1.165, 1.54) is 43.7 Å². The normalized spacial score (nSPS) is 25.8. The highest BCUT2D eigenvalue weighted by molar-refractivity contribution is 7.92. The third kappa shape index (κ3) is 4.64. The lowest BCUT2D eigenvalue weighted by molar-refractivity contribution is -0.00277. The van der Waals surface area contributed by atoms with Crippen molar-refractivity contribution in [3.63, 3.8) is 0 Å². The van der Waals surface area contributed by atoms with Crippen LogP contribution in [0.2, 0.25) is 0 Å². The Labute approximate surface area is 226 Å². The molecule has 38 heavy (non-hydrogen) atoms. The first kappa shape index (κ1) is 25.2. The second-order valence-electron chi connectivity index (χ2n) is 11.9. The van der Waals surface area contributed by atoms with Crippen molar-refractivity contribution in [3.8, 4) is 0 Å². The Morgan fingerprint density at radius 1 is 0.789 bits per heavy atom. The van der Waals surface area contributed by atoms with Crippen molar-refractivity contribution in [2.45, 2.75) is 63.7 Å². The van der Waals surface area contributed by atoms with Crippen LogP contribution in [0, 0.1) is 44.4 Å². The van der Waals surface area contributed by atoms with E-state index in [0.29, 0.717) is 22.7 Å². The number of hydrogen-bond donors (Lipinski definition) is 2. The van der Waals surface area contributed by atoms with Gasteiger partial charge in [0.15, 0.2) is 0 Å². The predicted molar refractivity (Wildman–Crippen MR) is 152 cm³/mol. The van der Waals surface area contributed by atoms with E-state index < -0.39 is 10.0 Å². The highest BCUT2D eigenvalue weighted by Crippen LogP contribution is 2.59. The number of rotatable bonds is 6. The predicted octanol–water partition coefficient (Wildman–Crippen LogP) is 7.20. The number of carbonyl (C=O) groups excluding carboxylic acids is 1. The van der Waals surface area contributed by atoms with Crippen LogP contribution in [0.3, 0.4) is 0 Å². The first-order valence-electron chi connectivity index (χ1n) is 13.8. The third-order valence-electron chi connectivity index (χ3n) is 9.37.